The summed E-state index contributed by atoms with van der Waals surface area (Å²) in [7, 11) is 1.63. The molecule has 2 unspecified atom stereocenters. The summed E-state index contributed by atoms with van der Waals surface area (Å²) in [5, 5.41) is 9.76. The number of rotatable bonds is 7. The zero-order chi connectivity index (χ0) is 18.5. The zero-order valence-corrected chi connectivity index (χ0v) is 15.4. The largest absolute Gasteiger partial charge is 0.508 e. The van der Waals surface area contributed by atoms with Crippen molar-refractivity contribution < 1.29 is 19.4 Å². The number of carbonyl (C=O) groups is 1. The Balaban J connectivity index is 1.90. The highest BCUT2D eigenvalue weighted by atomic mass is 16.5. The van der Waals surface area contributed by atoms with Gasteiger partial charge in [-0.2, -0.15) is 0 Å². The maximum absolute atomic E-state index is 13.1. The number of benzene rings is 2. The lowest BCUT2D eigenvalue weighted by molar-refractivity contribution is 0.0630. The highest BCUT2D eigenvalue weighted by Crippen LogP contribution is 2.42. The predicted octanol–water partition coefficient (Wildman–Crippen LogP) is 5.30. The second kappa shape index (κ2) is 8.26. The van der Waals surface area contributed by atoms with Gasteiger partial charge in [0.05, 0.1) is 18.6 Å². The van der Waals surface area contributed by atoms with Crippen LogP contribution in [0.25, 0.3) is 0 Å². The smallest absolute Gasteiger partial charge is 0.173 e. The van der Waals surface area contributed by atoms with E-state index in [-0.39, 0.29) is 23.6 Å². The van der Waals surface area contributed by atoms with Gasteiger partial charge in [-0.25, -0.2) is 0 Å². The summed E-state index contributed by atoms with van der Waals surface area (Å²) < 4.78 is 11.4. The van der Waals surface area contributed by atoms with Crippen LogP contribution < -0.4 is 9.47 Å². The van der Waals surface area contributed by atoms with Crippen LogP contribution >= 0.6 is 0 Å². The van der Waals surface area contributed by atoms with E-state index in [9.17, 15) is 9.90 Å². The van der Waals surface area contributed by atoms with Crippen LogP contribution in [0.1, 0.15) is 61.1 Å². The number of carbonyl (C=O) groups excluding carboxylic acids is 1. The second-order valence-corrected chi connectivity index (χ2v) is 6.81. The summed E-state index contributed by atoms with van der Waals surface area (Å²) in [6, 6.07) is 12.4. The number of methoxy groups -OCH3 is 1. The third-order valence-corrected chi connectivity index (χ3v) is 5.00. The summed E-state index contributed by atoms with van der Waals surface area (Å²) >= 11 is 0. The number of hydrogen-bond donors (Lipinski definition) is 1. The quantitative estimate of drug-likeness (QED) is 0.685. The van der Waals surface area contributed by atoms with Crippen LogP contribution in [0.3, 0.4) is 0 Å². The third kappa shape index (κ3) is 3.85. The molecule has 138 valence electrons. The van der Waals surface area contributed by atoms with Crippen molar-refractivity contribution in [2.45, 2.75) is 45.1 Å². The number of ketones is 1. The standard InChI is InChI=1S/C22H26O4/c1-3-4-5-6-7-18-21(24)19-14-16(23)10-13-20(19)26-22(18)15-8-11-17(25-2)12-9-15/h8-14,18,22-23H,3-7H2,1-2H3. The van der Waals surface area contributed by atoms with Crippen molar-refractivity contribution in [3.8, 4) is 17.2 Å². The van der Waals surface area contributed by atoms with Crippen LogP contribution in [0.4, 0.5) is 0 Å². The molecule has 2 aromatic rings. The van der Waals surface area contributed by atoms with Gasteiger partial charge in [-0.3, -0.25) is 4.79 Å². The van der Waals surface area contributed by atoms with Gasteiger partial charge in [0.2, 0.25) is 0 Å². The Bertz CT molecular complexity index is 751. The maximum Gasteiger partial charge on any atom is 0.173 e. The Morgan fingerprint density at radius 3 is 2.54 bits per heavy atom. The van der Waals surface area contributed by atoms with Crippen molar-refractivity contribution in [1.29, 1.82) is 0 Å². The van der Waals surface area contributed by atoms with Crippen LogP contribution in [-0.4, -0.2) is 18.0 Å². The van der Waals surface area contributed by atoms with Crippen LogP contribution in [-0.2, 0) is 0 Å². The topological polar surface area (TPSA) is 55.8 Å². The van der Waals surface area contributed by atoms with Crippen molar-refractivity contribution in [2.24, 2.45) is 5.92 Å². The molecule has 1 aliphatic heterocycles. The lowest BCUT2D eigenvalue weighted by atomic mass is 9.82. The first-order chi connectivity index (χ1) is 12.6. The van der Waals surface area contributed by atoms with E-state index < -0.39 is 0 Å². The molecule has 0 aliphatic carbocycles. The van der Waals surface area contributed by atoms with Crippen molar-refractivity contribution in [3.05, 3.63) is 53.6 Å². The molecule has 1 heterocycles. The Morgan fingerprint density at radius 2 is 1.85 bits per heavy atom. The van der Waals surface area contributed by atoms with Crippen LogP contribution in [0.2, 0.25) is 0 Å². The number of unbranched alkanes of at least 4 members (excludes halogenated alkanes) is 3. The van der Waals surface area contributed by atoms with Gasteiger partial charge in [0.15, 0.2) is 5.78 Å². The molecule has 0 aromatic heterocycles. The first kappa shape index (κ1) is 18.3. The average Bonchev–Trinajstić information content (AvgIpc) is 2.67. The fraction of sp³-hybridized carbons (Fsp3) is 0.409. The predicted molar refractivity (Wildman–Crippen MR) is 101 cm³/mol. The van der Waals surface area contributed by atoms with Gasteiger partial charge in [0.25, 0.3) is 0 Å². The molecule has 0 radical (unpaired) electrons. The average molecular weight is 354 g/mol. The van der Waals surface area contributed by atoms with E-state index >= 15 is 0 Å². The SMILES string of the molecule is CCCCCCC1C(=O)c2cc(O)ccc2OC1c1ccc(OC)cc1. The van der Waals surface area contributed by atoms with Crippen molar-refractivity contribution in [2.75, 3.05) is 7.11 Å². The summed E-state index contributed by atoms with van der Waals surface area (Å²) in [6.45, 7) is 2.17. The summed E-state index contributed by atoms with van der Waals surface area (Å²) in [5.41, 5.74) is 1.45. The number of ether oxygens (including phenoxy) is 2. The monoisotopic (exact) mass is 354 g/mol. The normalized spacial score (nSPS) is 18.9. The fourth-order valence-corrected chi connectivity index (χ4v) is 3.54. The Labute approximate surface area is 154 Å². The molecule has 0 bridgehead atoms. The van der Waals surface area contributed by atoms with E-state index in [1.807, 2.05) is 24.3 Å². The molecule has 1 aliphatic rings. The van der Waals surface area contributed by atoms with E-state index in [0.717, 1.165) is 37.0 Å². The number of phenolic OH excluding ortho intramolecular Hbond substituents is 1. The highest BCUT2D eigenvalue weighted by Gasteiger charge is 2.37. The van der Waals surface area contributed by atoms with Crippen LogP contribution in [0.15, 0.2) is 42.5 Å². The molecule has 4 heteroatoms. The van der Waals surface area contributed by atoms with Gasteiger partial charge >= 0.3 is 0 Å². The van der Waals surface area contributed by atoms with E-state index in [4.69, 9.17) is 9.47 Å². The minimum Gasteiger partial charge on any atom is -0.508 e. The molecular weight excluding hydrogens is 328 g/mol. The van der Waals surface area contributed by atoms with Crippen molar-refractivity contribution in [1.82, 2.24) is 0 Å². The molecule has 0 fully saturated rings. The molecule has 26 heavy (non-hydrogen) atoms. The summed E-state index contributed by atoms with van der Waals surface area (Å²) in [4.78, 5) is 13.1. The summed E-state index contributed by atoms with van der Waals surface area (Å²) in [6.07, 6.45) is 4.91. The third-order valence-electron chi connectivity index (χ3n) is 5.00. The van der Waals surface area contributed by atoms with E-state index in [2.05, 4.69) is 6.92 Å². The lowest BCUT2D eigenvalue weighted by Gasteiger charge is -2.33. The number of hydrogen-bond acceptors (Lipinski definition) is 4. The van der Waals surface area contributed by atoms with Crippen molar-refractivity contribution in [3.63, 3.8) is 0 Å². The molecule has 0 spiro atoms. The van der Waals surface area contributed by atoms with Gasteiger partial charge < -0.3 is 14.6 Å². The molecule has 0 saturated carbocycles. The molecule has 2 atom stereocenters. The minimum absolute atomic E-state index is 0.0551. The second-order valence-electron chi connectivity index (χ2n) is 6.81. The number of aromatic hydroxyl groups is 1. The highest BCUT2D eigenvalue weighted by molar-refractivity contribution is 6.02. The van der Waals surface area contributed by atoms with Crippen molar-refractivity contribution >= 4 is 5.78 Å². The summed E-state index contributed by atoms with van der Waals surface area (Å²) in [5.74, 6) is 1.22. The van der Waals surface area contributed by atoms with Gasteiger partial charge in [-0.15, -0.1) is 0 Å². The Morgan fingerprint density at radius 1 is 1.08 bits per heavy atom. The van der Waals surface area contributed by atoms with Gasteiger partial charge in [-0.1, -0.05) is 44.7 Å². The van der Waals surface area contributed by atoms with Gasteiger partial charge in [0, 0.05) is 0 Å². The molecule has 0 saturated heterocycles. The molecule has 4 nitrogen and oxygen atoms in total. The Kier molecular flexibility index (Phi) is 5.82. The molecule has 1 N–H and O–H groups in total. The number of fused-ring (bicyclic) bond motifs is 1. The van der Waals surface area contributed by atoms with E-state index in [0.29, 0.717) is 11.3 Å². The first-order valence-electron chi connectivity index (χ1n) is 9.32. The fourth-order valence-electron chi connectivity index (χ4n) is 3.54. The van der Waals surface area contributed by atoms with E-state index in [1.165, 1.54) is 12.5 Å². The maximum atomic E-state index is 13.1. The molecule has 3 rings (SSSR count). The first-order valence-corrected chi connectivity index (χ1v) is 9.32. The van der Waals surface area contributed by atoms with Gasteiger partial charge in [0.1, 0.15) is 23.4 Å². The lowest BCUT2D eigenvalue weighted by Crippen LogP contribution is -2.31. The van der Waals surface area contributed by atoms with Crippen LogP contribution in [0.5, 0.6) is 17.2 Å². The molecule has 2 aromatic carbocycles. The van der Waals surface area contributed by atoms with E-state index in [1.54, 1.807) is 19.2 Å². The molecule has 0 amide bonds. The number of phenols is 1. The Hall–Kier alpha value is -2.49. The number of Topliss-reactive ketones (excluding diaryl/α,β-unsaturated/α-hetero) is 1. The minimum atomic E-state index is -0.313. The van der Waals surface area contributed by atoms with Crippen LogP contribution in [0, 0.1) is 5.92 Å². The zero-order valence-electron chi connectivity index (χ0n) is 15.4. The van der Waals surface area contributed by atoms with Gasteiger partial charge in [-0.05, 0) is 42.3 Å². The molecular formula is C22H26O4.